The minimum atomic E-state index is -1.40. The number of aliphatic hydroxyl groups excluding tert-OH is 1. The van der Waals surface area contributed by atoms with Gasteiger partial charge < -0.3 is 19.6 Å². The van der Waals surface area contributed by atoms with Crippen LogP contribution in [0.15, 0.2) is 60.7 Å². The van der Waals surface area contributed by atoms with Crippen LogP contribution < -0.4 is 0 Å². The van der Waals surface area contributed by atoms with Crippen LogP contribution in [0, 0.1) is 0 Å². The fraction of sp³-hybridized carbons (Fsp3) is 0.400. The predicted octanol–water partition coefficient (Wildman–Crippen LogP) is 2.52. The normalized spacial score (nSPS) is 16.4. The van der Waals surface area contributed by atoms with E-state index in [1.807, 2.05) is 60.7 Å². The molecule has 32 heavy (non-hydrogen) atoms. The summed E-state index contributed by atoms with van der Waals surface area (Å²) in [5.41, 5.74) is 1.84. The minimum Gasteiger partial charge on any atom is -0.459 e. The third-order valence-corrected chi connectivity index (χ3v) is 5.69. The van der Waals surface area contributed by atoms with Crippen molar-refractivity contribution < 1.29 is 24.2 Å². The van der Waals surface area contributed by atoms with Crippen molar-refractivity contribution in [2.45, 2.75) is 51.0 Å². The number of carbonyl (C=O) groups excluding carboxylic acids is 3. The Balaban J connectivity index is 1.47. The second kappa shape index (κ2) is 11.4. The molecular weight excluding hydrogens is 408 g/mol. The number of amides is 2. The van der Waals surface area contributed by atoms with Crippen molar-refractivity contribution in [3.8, 4) is 0 Å². The number of rotatable bonds is 9. The van der Waals surface area contributed by atoms with E-state index in [0.29, 0.717) is 25.9 Å². The van der Waals surface area contributed by atoms with E-state index in [0.717, 1.165) is 11.1 Å². The number of benzene rings is 2. The Bertz CT molecular complexity index is 903. The number of hydrogen-bond acceptors (Lipinski definition) is 5. The summed E-state index contributed by atoms with van der Waals surface area (Å²) in [6.07, 6.45) is -0.0574. The molecule has 1 saturated heterocycles. The first-order chi connectivity index (χ1) is 15.5. The van der Waals surface area contributed by atoms with Gasteiger partial charge in [0.05, 0.1) is 6.04 Å². The van der Waals surface area contributed by atoms with Gasteiger partial charge in [0.25, 0.3) is 0 Å². The van der Waals surface area contributed by atoms with E-state index in [4.69, 9.17) is 4.74 Å². The lowest BCUT2D eigenvalue weighted by Gasteiger charge is -2.28. The summed E-state index contributed by atoms with van der Waals surface area (Å²) in [4.78, 5) is 40.6. The van der Waals surface area contributed by atoms with Crippen LogP contribution in [-0.4, -0.2) is 58.4 Å². The topological polar surface area (TPSA) is 87.2 Å². The lowest BCUT2D eigenvalue weighted by Crippen LogP contribution is -2.46. The molecule has 0 saturated carbocycles. The van der Waals surface area contributed by atoms with Gasteiger partial charge in [-0.25, -0.2) is 4.79 Å². The fourth-order valence-corrected chi connectivity index (χ4v) is 3.90. The van der Waals surface area contributed by atoms with E-state index in [1.54, 1.807) is 11.9 Å². The van der Waals surface area contributed by atoms with E-state index in [1.165, 1.54) is 4.90 Å². The lowest BCUT2D eigenvalue weighted by atomic mass is 10.1. The van der Waals surface area contributed by atoms with Crippen LogP contribution in [0.4, 0.5) is 0 Å². The molecule has 0 radical (unpaired) electrons. The monoisotopic (exact) mass is 438 g/mol. The molecule has 0 aromatic heterocycles. The second-order valence-corrected chi connectivity index (χ2v) is 8.07. The van der Waals surface area contributed by atoms with Crippen LogP contribution >= 0.6 is 0 Å². The molecule has 1 fully saturated rings. The first-order valence-corrected chi connectivity index (χ1v) is 10.9. The Morgan fingerprint density at radius 3 is 2.31 bits per heavy atom. The molecule has 1 N–H and O–H groups in total. The van der Waals surface area contributed by atoms with Gasteiger partial charge >= 0.3 is 5.97 Å². The van der Waals surface area contributed by atoms with Crippen molar-refractivity contribution >= 4 is 17.8 Å². The second-order valence-electron chi connectivity index (χ2n) is 8.07. The van der Waals surface area contributed by atoms with Gasteiger partial charge in [-0.2, -0.15) is 0 Å². The number of nitrogens with zero attached hydrogens (tertiary/aromatic N) is 2. The van der Waals surface area contributed by atoms with E-state index >= 15 is 0 Å². The average Bonchev–Trinajstić information content (AvgIpc) is 3.31. The summed E-state index contributed by atoms with van der Waals surface area (Å²) >= 11 is 0. The summed E-state index contributed by atoms with van der Waals surface area (Å²) in [5.74, 6) is -1.10. The van der Waals surface area contributed by atoms with E-state index in [9.17, 15) is 19.5 Å². The highest BCUT2D eigenvalue weighted by Gasteiger charge is 2.38. The molecule has 1 aliphatic heterocycles. The zero-order chi connectivity index (χ0) is 22.9. The van der Waals surface area contributed by atoms with Gasteiger partial charge in [0.15, 0.2) is 6.10 Å². The number of carbonyl (C=O) groups is 3. The molecule has 0 unspecified atom stereocenters. The van der Waals surface area contributed by atoms with Gasteiger partial charge in [-0.05, 0) is 24.0 Å². The van der Waals surface area contributed by atoms with E-state index < -0.39 is 18.1 Å². The molecular formula is C25H30N2O5. The minimum absolute atomic E-state index is 0.0419. The molecule has 0 aliphatic carbocycles. The first kappa shape index (κ1) is 23.5. The molecule has 1 heterocycles. The van der Waals surface area contributed by atoms with Crippen LogP contribution in [0.3, 0.4) is 0 Å². The van der Waals surface area contributed by atoms with E-state index in [2.05, 4.69) is 0 Å². The van der Waals surface area contributed by atoms with Gasteiger partial charge in [0, 0.05) is 33.0 Å². The van der Waals surface area contributed by atoms with Gasteiger partial charge in [-0.15, -0.1) is 0 Å². The molecule has 170 valence electrons. The maximum Gasteiger partial charge on any atom is 0.337 e. The molecule has 2 aromatic rings. The van der Waals surface area contributed by atoms with Crippen molar-refractivity contribution in [2.75, 3.05) is 13.6 Å². The molecule has 7 nitrogen and oxygen atoms in total. The Morgan fingerprint density at radius 1 is 1.03 bits per heavy atom. The molecule has 0 bridgehead atoms. The van der Waals surface area contributed by atoms with Crippen LogP contribution in [0.25, 0.3) is 0 Å². The molecule has 2 aromatic carbocycles. The standard InChI is InChI=1S/C25H30N2O5/c1-26(17-19-9-4-2-5-10-19)22(28)14-15-23(29)27-16-8-13-21(27)24(30)25(31)32-18-20-11-6-3-7-12-20/h2-7,9-12,21,24,30H,8,13-18H2,1H3/t21-,24-/m0/s1. The van der Waals surface area contributed by atoms with Crippen molar-refractivity contribution in [3.05, 3.63) is 71.8 Å². The Kier molecular flexibility index (Phi) is 8.39. The Hall–Kier alpha value is -3.19. The Morgan fingerprint density at radius 2 is 1.66 bits per heavy atom. The van der Waals surface area contributed by atoms with Crippen LogP contribution in [0.5, 0.6) is 0 Å². The zero-order valence-corrected chi connectivity index (χ0v) is 18.4. The fourth-order valence-electron chi connectivity index (χ4n) is 3.90. The van der Waals surface area contributed by atoms with Crippen LogP contribution in [0.2, 0.25) is 0 Å². The van der Waals surface area contributed by atoms with E-state index in [-0.39, 0.29) is 31.3 Å². The highest BCUT2D eigenvalue weighted by molar-refractivity contribution is 5.85. The highest BCUT2D eigenvalue weighted by Crippen LogP contribution is 2.23. The molecule has 0 spiro atoms. The van der Waals surface area contributed by atoms with Gasteiger partial charge in [0.1, 0.15) is 6.61 Å². The summed E-state index contributed by atoms with van der Waals surface area (Å²) in [7, 11) is 1.71. The third-order valence-electron chi connectivity index (χ3n) is 5.69. The SMILES string of the molecule is CN(Cc1ccccc1)C(=O)CCC(=O)N1CCC[C@H]1[C@H](O)C(=O)OCc1ccccc1. The van der Waals surface area contributed by atoms with Gasteiger partial charge in [-0.1, -0.05) is 60.7 Å². The predicted molar refractivity (Wildman–Crippen MR) is 119 cm³/mol. The number of likely N-dealkylation sites (tertiary alicyclic amines) is 1. The largest absolute Gasteiger partial charge is 0.459 e. The van der Waals surface area contributed by atoms with Crippen molar-refractivity contribution in [3.63, 3.8) is 0 Å². The maximum atomic E-state index is 12.7. The number of esters is 1. The van der Waals surface area contributed by atoms with Crippen molar-refractivity contribution in [1.29, 1.82) is 0 Å². The number of ether oxygens (including phenoxy) is 1. The van der Waals surface area contributed by atoms with Crippen LogP contribution in [-0.2, 0) is 32.3 Å². The number of aliphatic hydroxyl groups is 1. The molecule has 1 aliphatic rings. The molecule has 2 amide bonds. The van der Waals surface area contributed by atoms with Gasteiger partial charge in [0.2, 0.25) is 11.8 Å². The number of hydrogen-bond donors (Lipinski definition) is 1. The molecule has 7 heteroatoms. The lowest BCUT2D eigenvalue weighted by molar-refractivity contribution is -0.159. The maximum absolute atomic E-state index is 12.7. The first-order valence-electron chi connectivity index (χ1n) is 10.9. The molecule has 2 atom stereocenters. The van der Waals surface area contributed by atoms with Gasteiger partial charge in [-0.3, -0.25) is 9.59 Å². The van der Waals surface area contributed by atoms with Crippen LogP contribution in [0.1, 0.15) is 36.8 Å². The highest BCUT2D eigenvalue weighted by atomic mass is 16.5. The summed E-state index contributed by atoms with van der Waals surface area (Å²) in [6.45, 7) is 1.01. The quantitative estimate of drug-likeness (QED) is 0.608. The van der Waals surface area contributed by atoms with Crippen molar-refractivity contribution in [1.82, 2.24) is 9.80 Å². The molecule has 3 rings (SSSR count). The summed E-state index contributed by atoms with van der Waals surface area (Å²) in [5, 5.41) is 10.5. The Labute approximate surface area is 188 Å². The summed E-state index contributed by atoms with van der Waals surface area (Å²) in [6, 6.07) is 18.2. The third kappa shape index (κ3) is 6.40. The smallest absolute Gasteiger partial charge is 0.337 e. The average molecular weight is 439 g/mol. The summed E-state index contributed by atoms with van der Waals surface area (Å²) < 4.78 is 5.23. The van der Waals surface area contributed by atoms with Crippen molar-refractivity contribution in [2.24, 2.45) is 0 Å². The zero-order valence-electron chi connectivity index (χ0n) is 18.4.